The molecule has 156 valence electrons. The molecule has 2 aromatic carbocycles. The van der Waals surface area contributed by atoms with Gasteiger partial charge in [0, 0.05) is 36.1 Å². The lowest BCUT2D eigenvalue weighted by molar-refractivity contribution is 0.0946. The molecule has 2 aromatic heterocycles. The molecule has 0 atom stereocenters. The fourth-order valence-corrected chi connectivity index (χ4v) is 3.21. The van der Waals surface area contributed by atoms with E-state index >= 15 is 0 Å². The van der Waals surface area contributed by atoms with Crippen LogP contribution in [0.25, 0.3) is 16.9 Å². The van der Waals surface area contributed by atoms with Gasteiger partial charge in [0.25, 0.3) is 5.91 Å². The molecular weight excluding hydrogens is 400 g/mol. The predicted molar refractivity (Wildman–Crippen MR) is 111 cm³/mol. The second-order valence-electron chi connectivity index (χ2n) is 6.88. The summed E-state index contributed by atoms with van der Waals surface area (Å²) in [5, 5.41) is 10.9. The fraction of sp³-hybridized carbons (Fsp3) is 0.130. The summed E-state index contributed by atoms with van der Waals surface area (Å²) in [5.41, 5.74) is 3.25. The third kappa shape index (κ3) is 4.32. The molecule has 0 bridgehead atoms. The normalized spacial score (nSPS) is 10.8. The first kappa shape index (κ1) is 20.3. The third-order valence-corrected chi connectivity index (χ3v) is 4.84. The van der Waals surface area contributed by atoms with E-state index in [1.807, 2.05) is 30.3 Å². The topological polar surface area (TPSA) is 72.7 Å². The Hall–Kier alpha value is -3.94. The molecule has 1 amide bonds. The van der Waals surface area contributed by atoms with E-state index in [0.29, 0.717) is 11.3 Å². The van der Waals surface area contributed by atoms with E-state index < -0.39 is 17.5 Å². The molecular formula is C23H19F2N5O. The number of aryl methyl sites for hydroxylation is 1. The van der Waals surface area contributed by atoms with Crippen LogP contribution in [0.5, 0.6) is 0 Å². The number of halogens is 2. The Kier molecular flexibility index (Phi) is 5.79. The third-order valence-electron chi connectivity index (χ3n) is 4.84. The molecule has 4 aromatic rings. The summed E-state index contributed by atoms with van der Waals surface area (Å²) >= 11 is 0. The van der Waals surface area contributed by atoms with Gasteiger partial charge >= 0.3 is 0 Å². The van der Waals surface area contributed by atoms with E-state index in [1.165, 1.54) is 6.07 Å². The minimum Gasteiger partial charge on any atom is -0.346 e. The number of hydrogen-bond acceptors (Lipinski definition) is 4. The van der Waals surface area contributed by atoms with Crippen LogP contribution >= 0.6 is 0 Å². The van der Waals surface area contributed by atoms with Gasteiger partial charge in [-0.3, -0.25) is 9.78 Å². The van der Waals surface area contributed by atoms with Gasteiger partial charge in [0.2, 0.25) is 0 Å². The number of aromatic nitrogens is 4. The molecule has 0 unspecified atom stereocenters. The van der Waals surface area contributed by atoms with Crippen molar-refractivity contribution in [1.29, 1.82) is 0 Å². The van der Waals surface area contributed by atoms with Crippen molar-refractivity contribution in [3.05, 3.63) is 95.4 Å². The Bertz CT molecular complexity index is 1220. The quantitative estimate of drug-likeness (QED) is 0.511. The molecule has 2 heterocycles. The predicted octanol–water partition coefficient (Wildman–Crippen LogP) is 4.10. The Balaban J connectivity index is 1.70. The van der Waals surface area contributed by atoms with Crippen LogP contribution < -0.4 is 5.32 Å². The average molecular weight is 419 g/mol. The molecule has 6 nitrogen and oxygen atoms in total. The minimum atomic E-state index is -0.729. The molecule has 31 heavy (non-hydrogen) atoms. The van der Waals surface area contributed by atoms with Crippen LogP contribution in [0.4, 0.5) is 8.78 Å². The number of nitrogens with one attached hydrogen (secondary N) is 1. The molecule has 0 aliphatic carbocycles. The number of nitrogens with zero attached hydrogens (tertiary/aromatic N) is 4. The van der Waals surface area contributed by atoms with E-state index in [2.05, 4.69) is 27.5 Å². The van der Waals surface area contributed by atoms with Gasteiger partial charge in [-0.15, -0.1) is 5.10 Å². The molecule has 8 heteroatoms. The SMILES string of the molecule is CCc1cccc(-n2nnc(C(=O)NCc3ccc(F)cc3F)c2-c2cccnc2)c1. The highest BCUT2D eigenvalue weighted by atomic mass is 19.1. The van der Waals surface area contributed by atoms with Crippen molar-refractivity contribution in [1.82, 2.24) is 25.3 Å². The Morgan fingerprint density at radius 3 is 2.71 bits per heavy atom. The smallest absolute Gasteiger partial charge is 0.274 e. The zero-order valence-electron chi connectivity index (χ0n) is 16.7. The standard InChI is InChI=1S/C23H19F2N5O/c1-2-15-5-3-7-19(11-15)30-22(17-6-4-10-26-13-17)21(28-29-30)23(31)27-14-16-8-9-18(24)12-20(16)25/h3-13H,2,14H2,1H3,(H,27,31). The van der Waals surface area contributed by atoms with Gasteiger partial charge in [-0.05, 0) is 42.3 Å². The van der Waals surface area contributed by atoms with Gasteiger partial charge in [0.05, 0.1) is 5.69 Å². The summed E-state index contributed by atoms with van der Waals surface area (Å²) in [5.74, 6) is -1.93. The van der Waals surface area contributed by atoms with Crippen LogP contribution in [-0.2, 0) is 13.0 Å². The van der Waals surface area contributed by atoms with Crippen LogP contribution in [-0.4, -0.2) is 25.9 Å². The van der Waals surface area contributed by atoms with Gasteiger partial charge < -0.3 is 5.32 Å². The molecule has 0 spiro atoms. The molecule has 0 fully saturated rings. The summed E-state index contributed by atoms with van der Waals surface area (Å²) in [4.78, 5) is 17.1. The van der Waals surface area contributed by atoms with E-state index in [0.717, 1.165) is 29.8 Å². The molecule has 0 aliphatic rings. The number of pyridine rings is 1. The van der Waals surface area contributed by atoms with Gasteiger partial charge in [-0.25, -0.2) is 13.5 Å². The van der Waals surface area contributed by atoms with Crippen LogP contribution in [0.1, 0.15) is 28.5 Å². The van der Waals surface area contributed by atoms with Crippen molar-refractivity contribution in [3.63, 3.8) is 0 Å². The Morgan fingerprint density at radius 1 is 1.10 bits per heavy atom. The number of carbonyl (C=O) groups excluding carboxylic acids is 1. The van der Waals surface area contributed by atoms with Gasteiger partial charge in [0.1, 0.15) is 17.3 Å². The Labute approximate surface area is 177 Å². The molecule has 0 saturated carbocycles. The lowest BCUT2D eigenvalue weighted by Gasteiger charge is -2.10. The second kappa shape index (κ2) is 8.83. The van der Waals surface area contributed by atoms with Crippen LogP contribution in [0.2, 0.25) is 0 Å². The van der Waals surface area contributed by atoms with Gasteiger partial charge in [-0.1, -0.05) is 30.3 Å². The summed E-state index contributed by atoms with van der Waals surface area (Å²) < 4.78 is 28.6. The summed E-state index contributed by atoms with van der Waals surface area (Å²) in [6.45, 7) is 1.94. The zero-order chi connectivity index (χ0) is 21.8. The van der Waals surface area contributed by atoms with E-state index in [1.54, 1.807) is 23.1 Å². The molecule has 0 saturated heterocycles. The fourth-order valence-electron chi connectivity index (χ4n) is 3.21. The van der Waals surface area contributed by atoms with Crippen molar-refractivity contribution in [2.24, 2.45) is 0 Å². The maximum Gasteiger partial charge on any atom is 0.274 e. The molecule has 0 radical (unpaired) electrons. The van der Waals surface area contributed by atoms with E-state index in [4.69, 9.17) is 0 Å². The van der Waals surface area contributed by atoms with Crippen LogP contribution in [0.3, 0.4) is 0 Å². The summed E-state index contributed by atoms with van der Waals surface area (Å²) in [6.07, 6.45) is 4.10. The largest absolute Gasteiger partial charge is 0.346 e. The zero-order valence-corrected chi connectivity index (χ0v) is 16.7. The number of hydrogen-bond donors (Lipinski definition) is 1. The maximum absolute atomic E-state index is 13.9. The highest BCUT2D eigenvalue weighted by molar-refractivity contribution is 5.98. The summed E-state index contributed by atoms with van der Waals surface area (Å²) in [6, 6.07) is 14.6. The molecule has 4 rings (SSSR count). The summed E-state index contributed by atoms with van der Waals surface area (Å²) in [7, 11) is 0. The van der Waals surface area contributed by atoms with Crippen molar-refractivity contribution >= 4 is 5.91 Å². The van der Waals surface area contributed by atoms with Crippen molar-refractivity contribution in [2.75, 3.05) is 0 Å². The molecule has 0 aliphatic heterocycles. The minimum absolute atomic E-state index is 0.0809. The number of benzene rings is 2. The van der Waals surface area contributed by atoms with Crippen molar-refractivity contribution in [3.8, 4) is 16.9 Å². The number of amides is 1. The highest BCUT2D eigenvalue weighted by Gasteiger charge is 2.22. The first-order valence-corrected chi connectivity index (χ1v) is 9.74. The lowest BCUT2D eigenvalue weighted by atomic mass is 10.1. The lowest BCUT2D eigenvalue weighted by Crippen LogP contribution is -2.24. The van der Waals surface area contributed by atoms with Crippen molar-refractivity contribution in [2.45, 2.75) is 19.9 Å². The monoisotopic (exact) mass is 419 g/mol. The Morgan fingerprint density at radius 2 is 1.97 bits per heavy atom. The van der Waals surface area contributed by atoms with Crippen molar-refractivity contribution < 1.29 is 13.6 Å². The maximum atomic E-state index is 13.9. The van der Waals surface area contributed by atoms with E-state index in [-0.39, 0.29) is 17.8 Å². The van der Waals surface area contributed by atoms with Gasteiger partial charge in [-0.2, -0.15) is 0 Å². The molecule has 1 N–H and O–H groups in total. The first-order chi connectivity index (χ1) is 15.1. The number of rotatable bonds is 6. The number of carbonyl (C=O) groups is 1. The van der Waals surface area contributed by atoms with Crippen LogP contribution in [0, 0.1) is 11.6 Å². The van der Waals surface area contributed by atoms with Crippen LogP contribution in [0.15, 0.2) is 67.0 Å². The van der Waals surface area contributed by atoms with E-state index in [9.17, 15) is 13.6 Å². The highest BCUT2D eigenvalue weighted by Crippen LogP contribution is 2.25. The second-order valence-corrected chi connectivity index (χ2v) is 6.88. The van der Waals surface area contributed by atoms with Gasteiger partial charge in [0.15, 0.2) is 5.69 Å². The average Bonchev–Trinajstić information content (AvgIpc) is 3.24. The first-order valence-electron chi connectivity index (χ1n) is 9.74.